The summed E-state index contributed by atoms with van der Waals surface area (Å²) in [6, 6.07) is 19.3. The van der Waals surface area contributed by atoms with Crippen molar-refractivity contribution in [1.82, 2.24) is 4.98 Å². The highest BCUT2D eigenvalue weighted by Gasteiger charge is 2.35. The molecule has 1 aliphatic heterocycles. The van der Waals surface area contributed by atoms with Crippen molar-refractivity contribution in [3.8, 4) is 0 Å². The molecule has 0 saturated carbocycles. The number of nitrogens with zero attached hydrogens (tertiary/aromatic N) is 3. The van der Waals surface area contributed by atoms with Crippen LogP contribution in [0.15, 0.2) is 77.4 Å². The maximum Gasteiger partial charge on any atom is 0.284 e. The molecule has 1 aromatic heterocycles. The average Bonchev–Trinajstić information content (AvgIpc) is 3.35. The van der Waals surface area contributed by atoms with Crippen LogP contribution in [0, 0.1) is 5.82 Å². The quantitative estimate of drug-likeness (QED) is 0.319. The third-order valence-corrected chi connectivity index (χ3v) is 6.62. The van der Waals surface area contributed by atoms with Gasteiger partial charge in [0.2, 0.25) is 0 Å². The van der Waals surface area contributed by atoms with Gasteiger partial charge >= 0.3 is 0 Å². The fourth-order valence-electron chi connectivity index (χ4n) is 3.23. The Kier molecular flexibility index (Phi) is 5.06. The molecule has 4 nitrogen and oxygen atoms in total. The zero-order chi connectivity index (χ0) is 21.5. The number of aliphatic imine (C=N–C) groups is 1. The summed E-state index contributed by atoms with van der Waals surface area (Å²) >= 11 is 13.5. The number of carbonyl (C=O) groups is 1. The molecular weight excluding hydrogens is 456 g/mol. The molecule has 0 atom stereocenters. The van der Waals surface area contributed by atoms with Gasteiger partial charge in [-0.05, 0) is 29.8 Å². The fourth-order valence-corrected chi connectivity index (χ4v) is 4.69. The number of hydrogen-bond acceptors (Lipinski definition) is 4. The highest BCUT2D eigenvalue weighted by Crippen LogP contribution is 2.38. The zero-order valence-corrected chi connectivity index (χ0v) is 18.0. The Morgan fingerprint density at radius 2 is 1.71 bits per heavy atom. The standard InChI is InChI=1S/C23H12Cl2FN3OS/c24-15-9-5-4-8-14(15)12-18-22(30)29(21(27-18)13-6-2-1-3-7-13)23-28-17-11-10-16(26)19(25)20(17)31-23/h1-12H/b18-12-. The third-order valence-electron chi connectivity index (χ3n) is 4.72. The number of hydrogen-bond donors (Lipinski definition) is 0. The van der Waals surface area contributed by atoms with Gasteiger partial charge in [-0.1, -0.05) is 83.1 Å². The summed E-state index contributed by atoms with van der Waals surface area (Å²) in [7, 11) is 0. The Labute approximate surface area is 190 Å². The van der Waals surface area contributed by atoms with E-state index in [0.717, 1.165) is 16.9 Å². The van der Waals surface area contributed by atoms with E-state index in [9.17, 15) is 9.18 Å². The lowest BCUT2D eigenvalue weighted by Gasteiger charge is -2.14. The summed E-state index contributed by atoms with van der Waals surface area (Å²) in [6.45, 7) is 0. The van der Waals surface area contributed by atoms with Crippen LogP contribution in [0.25, 0.3) is 16.3 Å². The highest BCUT2D eigenvalue weighted by atomic mass is 35.5. The molecule has 152 valence electrons. The number of benzene rings is 3. The number of amidine groups is 1. The summed E-state index contributed by atoms with van der Waals surface area (Å²) in [5.74, 6) is -0.456. The van der Waals surface area contributed by atoms with E-state index in [1.54, 1.807) is 12.1 Å². The van der Waals surface area contributed by atoms with Crippen LogP contribution in [-0.2, 0) is 4.79 Å². The Morgan fingerprint density at radius 3 is 2.48 bits per heavy atom. The van der Waals surface area contributed by atoms with E-state index in [-0.39, 0.29) is 16.6 Å². The molecule has 0 bridgehead atoms. The molecule has 0 unspecified atom stereocenters. The Morgan fingerprint density at radius 1 is 0.968 bits per heavy atom. The van der Waals surface area contributed by atoms with Gasteiger partial charge in [0.05, 0.1) is 15.2 Å². The molecule has 2 heterocycles. The first kappa shape index (κ1) is 19.9. The SMILES string of the molecule is O=C1/C(=C/c2ccccc2Cl)N=C(c2ccccc2)N1c1nc2ccc(F)c(Cl)c2s1. The Bertz CT molecular complexity index is 1400. The van der Waals surface area contributed by atoms with Crippen molar-refractivity contribution in [2.45, 2.75) is 0 Å². The molecule has 0 fully saturated rings. The molecule has 0 radical (unpaired) electrons. The molecule has 1 aliphatic rings. The number of fused-ring (bicyclic) bond motifs is 1. The van der Waals surface area contributed by atoms with E-state index in [4.69, 9.17) is 23.2 Å². The third kappa shape index (κ3) is 3.53. The topological polar surface area (TPSA) is 45.6 Å². The van der Waals surface area contributed by atoms with Gasteiger partial charge in [0.25, 0.3) is 5.91 Å². The second-order valence-electron chi connectivity index (χ2n) is 6.70. The van der Waals surface area contributed by atoms with Crippen LogP contribution < -0.4 is 4.90 Å². The van der Waals surface area contributed by atoms with Crippen LogP contribution >= 0.6 is 34.5 Å². The lowest BCUT2D eigenvalue weighted by molar-refractivity contribution is -0.113. The number of anilines is 1. The molecule has 0 aliphatic carbocycles. The lowest BCUT2D eigenvalue weighted by Crippen LogP contribution is -2.32. The molecule has 0 N–H and O–H groups in total. The molecule has 31 heavy (non-hydrogen) atoms. The summed E-state index contributed by atoms with van der Waals surface area (Å²) in [4.78, 5) is 23.9. The van der Waals surface area contributed by atoms with Gasteiger partial charge in [-0.3, -0.25) is 4.79 Å². The predicted octanol–water partition coefficient (Wildman–Crippen LogP) is 6.58. The van der Waals surface area contributed by atoms with Crippen molar-refractivity contribution in [2.75, 3.05) is 4.90 Å². The van der Waals surface area contributed by atoms with E-state index in [0.29, 0.717) is 31.8 Å². The smallest absolute Gasteiger partial charge is 0.266 e. The van der Waals surface area contributed by atoms with Crippen LogP contribution in [0.5, 0.6) is 0 Å². The zero-order valence-electron chi connectivity index (χ0n) is 15.7. The monoisotopic (exact) mass is 467 g/mol. The summed E-state index contributed by atoms with van der Waals surface area (Å²) in [6.07, 6.45) is 1.65. The van der Waals surface area contributed by atoms with Gasteiger partial charge in [-0.25, -0.2) is 19.3 Å². The van der Waals surface area contributed by atoms with Crippen molar-refractivity contribution >= 4 is 67.7 Å². The summed E-state index contributed by atoms with van der Waals surface area (Å²) in [5, 5.41) is 0.857. The van der Waals surface area contributed by atoms with E-state index < -0.39 is 5.82 Å². The Hall–Kier alpha value is -3.06. The van der Waals surface area contributed by atoms with E-state index in [1.165, 1.54) is 17.0 Å². The minimum absolute atomic E-state index is 0.0158. The van der Waals surface area contributed by atoms with Gasteiger partial charge in [0, 0.05) is 10.6 Å². The molecular formula is C23H12Cl2FN3OS. The second-order valence-corrected chi connectivity index (χ2v) is 8.46. The van der Waals surface area contributed by atoms with E-state index in [1.807, 2.05) is 48.5 Å². The lowest BCUT2D eigenvalue weighted by atomic mass is 10.2. The number of amides is 1. The average molecular weight is 468 g/mol. The van der Waals surface area contributed by atoms with Crippen molar-refractivity contribution in [3.63, 3.8) is 0 Å². The normalized spacial score (nSPS) is 15.2. The van der Waals surface area contributed by atoms with Crippen molar-refractivity contribution < 1.29 is 9.18 Å². The van der Waals surface area contributed by atoms with E-state index in [2.05, 4.69) is 9.98 Å². The molecule has 3 aromatic carbocycles. The minimum atomic E-state index is -0.534. The second kappa shape index (κ2) is 7.89. The van der Waals surface area contributed by atoms with Crippen molar-refractivity contribution in [2.24, 2.45) is 4.99 Å². The first-order valence-corrected chi connectivity index (χ1v) is 10.8. The minimum Gasteiger partial charge on any atom is -0.266 e. The van der Waals surface area contributed by atoms with Crippen LogP contribution in [-0.4, -0.2) is 16.7 Å². The van der Waals surface area contributed by atoms with Gasteiger partial charge in [-0.15, -0.1) is 0 Å². The van der Waals surface area contributed by atoms with Crippen molar-refractivity contribution in [3.05, 3.63) is 99.4 Å². The fraction of sp³-hybridized carbons (Fsp3) is 0. The van der Waals surface area contributed by atoms with Crippen LogP contribution in [0.3, 0.4) is 0 Å². The van der Waals surface area contributed by atoms with Crippen molar-refractivity contribution in [1.29, 1.82) is 0 Å². The maximum absolute atomic E-state index is 13.9. The molecule has 1 amide bonds. The predicted molar refractivity (Wildman–Crippen MR) is 124 cm³/mol. The van der Waals surface area contributed by atoms with Gasteiger partial charge in [0.15, 0.2) is 5.13 Å². The molecule has 4 aromatic rings. The number of carbonyl (C=O) groups excluding carboxylic acids is 1. The largest absolute Gasteiger partial charge is 0.284 e. The van der Waals surface area contributed by atoms with Gasteiger partial charge in [-0.2, -0.15) is 0 Å². The van der Waals surface area contributed by atoms with Crippen LogP contribution in [0.1, 0.15) is 11.1 Å². The molecule has 0 saturated heterocycles. The number of halogens is 3. The maximum atomic E-state index is 13.9. The molecule has 0 spiro atoms. The van der Waals surface area contributed by atoms with Gasteiger partial charge < -0.3 is 0 Å². The molecule has 8 heteroatoms. The highest BCUT2D eigenvalue weighted by molar-refractivity contribution is 7.23. The number of rotatable bonds is 3. The Balaban J connectivity index is 1.67. The van der Waals surface area contributed by atoms with E-state index >= 15 is 0 Å². The number of thiazole rings is 1. The number of aromatic nitrogens is 1. The van der Waals surface area contributed by atoms with Gasteiger partial charge in [0.1, 0.15) is 17.3 Å². The first-order chi connectivity index (χ1) is 15.0. The first-order valence-electron chi connectivity index (χ1n) is 9.22. The molecule has 5 rings (SSSR count). The van der Waals surface area contributed by atoms with Crippen LogP contribution in [0.2, 0.25) is 10.0 Å². The summed E-state index contributed by atoms with van der Waals surface area (Å²) in [5.41, 5.74) is 2.16. The summed E-state index contributed by atoms with van der Waals surface area (Å²) < 4.78 is 14.4. The van der Waals surface area contributed by atoms with Crippen LogP contribution in [0.4, 0.5) is 9.52 Å².